The molecule has 0 aliphatic heterocycles. The number of aromatic hydroxyl groups is 1. The van der Waals surface area contributed by atoms with E-state index in [1.54, 1.807) is 19.1 Å². The minimum absolute atomic E-state index is 0.0393. The quantitative estimate of drug-likeness (QED) is 0.317. The first-order valence-electron chi connectivity index (χ1n) is 10.4. The van der Waals surface area contributed by atoms with Crippen LogP contribution in [-0.2, 0) is 20.8 Å². The van der Waals surface area contributed by atoms with E-state index in [1.165, 1.54) is 12.1 Å². The second-order valence-corrected chi connectivity index (χ2v) is 8.13. The highest BCUT2D eigenvalue weighted by molar-refractivity contribution is 5.92. The molecule has 0 spiro atoms. The van der Waals surface area contributed by atoms with Gasteiger partial charge < -0.3 is 31.0 Å². The van der Waals surface area contributed by atoms with Crippen molar-refractivity contribution in [3.63, 3.8) is 0 Å². The van der Waals surface area contributed by atoms with Gasteiger partial charge in [-0.15, -0.1) is 0 Å². The highest BCUT2D eigenvalue weighted by Crippen LogP contribution is 2.13. The second kappa shape index (κ2) is 12.6. The number of carboxylic acid groups (broad SMARTS) is 1. The lowest BCUT2D eigenvalue weighted by Crippen LogP contribution is -2.57. The Kier molecular flexibility index (Phi) is 10.5. The van der Waals surface area contributed by atoms with Gasteiger partial charge in [0.1, 0.15) is 24.1 Å². The van der Waals surface area contributed by atoms with Gasteiger partial charge in [-0.1, -0.05) is 46.2 Å². The molecule has 0 aliphatic rings. The summed E-state index contributed by atoms with van der Waals surface area (Å²) in [4.78, 5) is 48.2. The number of hydrogen-bond acceptors (Lipinski definition) is 5. The highest BCUT2D eigenvalue weighted by atomic mass is 16.4. The monoisotopic (exact) mass is 435 g/mol. The maximum absolute atomic E-state index is 12.9. The molecule has 0 radical (unpaired) electrons. The third kappa shape index (κ3) is 9.06. The topological polar surface area (TPSA) is 145 Å². The molecule has 0 fully saturated rings. The van der Waals surface area contributed by atoms with E-state index in [1.807, 2.05) is 20.8 Å². The van der Waals surface area contributed by atoms with Crippen LogP contribution in [0.15, 0.2) is 24.3 Å². The molecular weight excluding hydrogens is 402 g/mol. The number of phenolic OH excluding ortho intramolecular Hbond substituents is 1. The molecule has 172 valence electrons. The lowest BCUT2D eigenvalue weighted by Gasteiger charge is -2.27. The van der Waals surface area contributed by atoms with E-state index >= 15 is 0 Å². The van der Waals surface area contributed by atoms with Crippen molar-refractivity contribution in [1.82, 2.24) is 16.0 Å². The lowest BCUT2D eigenvalue weighted by molar-refractivity contribution is -0.132. The SMILES string of the molecule is CCC(C)C(NC(=O)[C@H](Cc1ccc(O)cc1)NC(=O)O)C(=O)NC(C=O)CC(C)C. The van der Waals surface area contributed by atoms with Crippen LogP contribution in [0.1, 0.15) is 46.1 Å². The number of aldehydes is 1. The first kappa shape index (κ1) is 25.9. The molecule has 1 aromatic carbocycles. The summed E-state index contributed by atoms with van der Waals surface area (Å²) in [5.74, 6) is -1.13. The third-order valence-corrected chi connectivity index (χ3v) is 5.00. The number of benzene rings is 1. The highest BCUT2D eigenvalue weighted by Gasteiger charge is 2.31. The van der Waals surface area contributed by atoms with Gasteiger partial charge in [0.25, 0.3) is 0 Å². The van der Waals surface area contributed by atoms with Crippen LogP contribution in [-0.4, -0.2) is 52.5 Å². The summed E-state index contributed by atoms with van der Waals surface area (Å²) in [6.07, 6.45) is 0.398. The molecule has 9 nitrogen and oxygen atoms in total. The average Bonchev–Trinajstić information content (AvgIpc) is 2.70. The van der Waals surface area contributed by atoms with Gasteiger partial charge in [0, 0.05) is 6.42 Å². The molecule has 0 bridgehead atoms. The normalized spacial score (nSPS) is 14.7. The fourth-order valence-electron chi connectivity index (χ4n) is 3.11. The Labute approximate surface area is 182 Å². The first-order valence-corrected chi connectivity index (χ1v) is 10.4. The van der Waals surface area contributed by atoms with E-state index in [9.17, 15) is 24.3 Å². The van der Waals surface area contributed by atoms with Gasteiger partial charge in [-0.05, 0) is 36.0 Å². The molecule has 0 saturated carbocycles. The predicted molar refractivity (Wildman–Crippen MR) is 116 cm³/mol. The minimum Gasteiger partial charge on any atom is -0.508 e. The smallest absolute Gasteiger partial charge is 0.405 e. The van der Waals surface area contributed by atoms with Gasteiger partial charge in [0.2, 0.25) is 11.8 Å². The molecule has 0 saturated heterocycles. The van der Waals surface area contributed by atoms with E-state index in [4.69, 9.17) is 5.11 Å². The van der Waals surface area contributed by atoms with Gasteiger partial charge in [0.15, 0.2) is 0 Å². The molecule has 4 atom stereocenters. The van der Waals surface area contributed by atoms with Crippen LogP contribution < -0.4 is 16.0 Å². The van der Waals surface area contributed by atoms with Crippen molar-refractivity contribution < 1.29 is 29.4 Å². The van der Waals surface area contributed by atoms with E-state index in [2.05, 4.69) is 16.0 Å². The molecule has 0 aliphatic carbocycles. The molecule has 0 aromatic heterocycles. The van der Waals surface area contributed by atoms with E-state index in [-0.39, 0.29) is 24.0 Å². The second-order valence-electron chi connectivity index (χ2n) is 8.13. The number of hydrogen-bond donors (Lipinski definition) is 5. The van der Waals surface area contributed by atoms with Gasteiger partial charge in [-0.2, -0.15) is 0 Å². The maximum atomic E-state index is 12.9. The van der Waals surface area contributed by atoms with Crippen LogP contribution in [0.5, 0.6) is 5.75 Å². The summed E-state index contributed by atoms with van der Waals surface area (Å²) >= 11 is 0. The molecule has 0 heterocycles. The standard InChI is InChI=1S/C22H33N3O6/c1-5-14(4)19(21(29)23-16(12-26)10-13(2)3)25-20(28)18(24-22(30)31)11-15-6-8-17(27)9-7-15/h6-9,12-14,16,18-19,24,27H,5,10-11H2,1-4H3,(H,23,29)(H,25,28)(H,30,31)/t14?,16?,18-,19?/m0/s1. The zero-order valence-electron chi connectivity index (χ0n) is 18.4. The number of rotatable bonds is 12. The van der Waals surface area contributed by atoms with Crippen LogP contribution in [0, 0.1) is 11.8 Å². The van der Waals surface area contributed by atoms with Crippen LogP contribution in [0.2, 0.25) is 0 Å². The zero-order chi connectivity index (χ0) is 23.6. The van der Waals surface area contributed by atoms with Crippen molar-refractivity contribution in [2.75, 3.05) is 0 Å². The molecule has 1 aromatic rings. The van der Waals surface area contributed by atoms with Crippen molar-refractivity contribution in [1.29, 1.82) is 0 Å². The van der Waals surface area contributed by atoms with Gasteiger partial charge in [-0.25, -0.2) is 4.79 Å². The molecule has 3 amide bonds. The Bertz CT molecular complexity index is 750. The van der Waals surface area contributed by atoms with Gasteiger partial charge >= 0.3 is 6.09 Å². The predicted octanol–water partition coefficient (Wildman–Crippen LogP) is 1.83. The summed E-state index contributed by atoms with van der Waals surface area (Å²) in [5, 5.41) is 26.0. The number of phenols is 1. The summed E-state index contributed by atoms with van der Waals surface area (Å²) in [5.41, 5.74) is 0.634. The van der Waals surface area contributed by atoms with Crippen molar-refractivity contribution in [2.24, 2.45) is 11.8 Å². The van der Waals surface area contributed by atoms with Crippen LogP contribution >= 0.6 is 0 Å². The zero-order valence-corrected chi connectivity index (χ0v) is 18.4. The molecular formula is C22H33N3O6. The number of amides is 3. The number of nitrogens with one attached hydrogen (secondary N) is 3. The minimum atomic E-state index is -1.37. The Hall–Kier alpha value is -3.10. The molecule has 1 rings (SSSR count). The summed E-state index contributed by atoms with van der Waals surface area (Å²) in [6.45, 7) is 7.53. The fraction of sp³-hybridized carbons (Fsp3) is 0.545. The Morgan fingerprint density at radius 2 is 1.61 bits per heavy atom. The largest absolute Gasteiger partial charge is 0.508 e. The molecule has 9 heteroatoms. The number of carbonyl (C=O) groups excluding carboxylic acids is 3. The summed E-state index contributed by atoms with van der Waals surface area (Å²) in [7, 11) is 0. The van der Waals surface area contributed by atoms with E-state index < -0.39 is 36.0 Å². The third-order valence-electron chi connectivity index (χ3n) is 5.00. The van der Waals surface area contributed by atoms with Crippen molar-refractivity contribution in [3.05, 3.63) is 29.8 Å². The lowest BCUT2D eigenvalue weighted by atomic mass is 9.96. The fourth-order valence-corrected chi connectivity index (χ4v) is 3.11. The Morgan fingerprint density at radius 1 is 1.00 bits per heavy atom. The van der Waals surface area contributed by atoms with E-state index in [0.29, 0.717) is 24.7 Å². The molecule has 31 heavy (non-hydrogen) atoms. The first-order chi connectivity index (χ1) is 14.6. The Balaban J connectivity index is 2.98. The van der Waals surface area contributed by atoms with Gasteiger partial charge in [-0.3, -0.25) is 9.59 Å². The molecule has 3 unspecified atom stereocenters. The van der Waals surface area contributed by atoms with Gasteiger partial charge in [0.05, 0.1) is 6.04 Å². The number of carbonyl (C=O) groups is 4. The average molecular weight is 436 g/mol. The van der Waals surface area contributed by atoms with Crippen LogP contribution in [0.25, 0.3) is 0 Å². The van der Waals surface area contributed by atoms with E-state index in [0.717, 1.165) is 0 Å². The summed E-state index contributed by atoms with van der Waals surface area (Å²) in [6, 6.07) is 3.31. The Morgan fingerprint density at radius 3 is 2.10 bits per heavy atom. The molecule has 5 N–H and O–H groups in total. The van der Waals surface area contributed by atoms with Crippen molar-refractivity contribution >= 4 is 24.2 Å². The maximum Gasteiger partial charge on any atom is 0.405 e. The van der Waals surface area contributed by atoms with Crippen molar-refractivity contribution in [3.8, 4) is 5.75 Å². The van der Waals surface area contributed by atoms with Crippen LogP contribution in [0.4, 0.5) is 4.79 Å². The van der Waals surface area contributed by atoms with Crippen LogP contribution in [0.3, 0.4) is 0 Å². The summed E-state index contributed by atoms with van der Waals surface area (Å²) < 4.78 is 0. The van der Waals surface area contributed by atoms with Crippen molar-refractivity contribution in [2.45, 2.75) is 65.1 Å².